The minimum absolute atomic E-state index is 0.282. The molecule has 3 heteroatoms. The second kappa shape index (κ2) is 6.55. The van der Waals surface area contributed by atoms with Crippen LogP contribution in [0.25, 0.3) is 0 Å². The molecule has 0 amide bonds. The van der Waals surface area contributed by atoms with Crippen molar-refractivity contribution >= 4 is 11.6 Å². The van der Waals surface area contributed by atoms with Crippen LogP contribution in [0.1, 0.15) is 25.0 Å². The molecule has 0 aliphatic carbocycles. The second-order valence-electron chi connectivity index (χ2n) is 6.08. The molecule has 0 saturated carbocycles. The Bertz CT molecular complexity index is 386. The van der Waals surface area contributed by atoms with E-state index in [4.69, 9.17) is 11.6 Å². The zero-order valence-corrected chi connectivity index (χ0v) is 12.9. The third-order valence-corrected chi connectivity index (χ3v) is 3.20. The molecule has 18 heavy (non-hydrogen) atoms. The molecule has 1 rings (SSSR count). The van der Waals surface area contributed by atoms with E-state index in [1.807, 2.05) is 12.1 Å². The number of rotatable bonds is 6. The van der Waals surface area contributed by atoms with Crippen LogP contribution in [-0.2, 0) is 6.54 Å². The second-order valence-corrected chi connectivity index (χ2v) is 6.51. The summed E-state index contributed by atoms with van der Waals surface area (Å²) in [6, 6.07) is 6.07. The van der Waals surface area contributed by atoms with E-state index in [2.05, 4.69) is 51.1 Å². The Morgan fingerprint density at radius 2 is 1.94 bits per heavy atom. The lowest BCUT2D eigenvalue weighted by Gasteiger charge is -2.28. The average Bonchev–Trinajstić information content (AvgIpc) is 2.19. The first-order valence-electron chi connectivity index (χ1n) is 6.41. The number of nitrogens with one attached hydrogen (secondary N) is 1. The summed E-state index contributed by atoms with van der Waals surface area (Å²) in [5.74, 6) is 0. The van der Waals surface area contributed by atoms with Gasteiger partial charge in [0.1, 0.15) is 0 Å². The van der Waals surface area contributed by atoms with E-state index in [9.17, 15) is 0 Å². The van der Waals surface area contributed by atoms with Gasteiger partial charge in [0.25, 0.3) is 0 Å². The van der Waals surface area contributed by atoms with E-state index >= 15 is 0 Å². The highest BCUT2D eigenvalue weighted by atomic mass is 35.5. The number of aryl methyl sites for hydroxylation is 1. The molecule has 2 nitrogen and oxygen atoms in total. The molecule has 0 radical (unpaired) electrons. The van der Waals surface area contributed by atoms with Gasteiger partial charge in [-0.05, 0) is 49.7 Å². The van der Waals surface area contributed by atoms with Crippen LogP contribution < -0.4 is 5.32 Å². The van der Waals surface area contributed by atoms with Gasteiger partial charge in [-0.15, -0.1) is 0 Å². The van der Waals surface area contributed by atoms with Crippen molar-refractivity contribution in [1.29, 1.82) is 0 Å². The van der Waals surface area contributed by atoms with E-state index in [1.165, 1.54) is 11.1 Å². The maximum atomic E-state index is 5.95. The minimum Gasteiger partial charge on any atom is -0.312 e. The zero-order chi connectivity index (χ0) is 13.8. The van der Waals surface area contributed by atoms with Crippen molar-refractivity contribution in [3.8, 4) is 0 Å². The fourth-order valence-electron chi connectivity index (χ4n) is 2.31. The van der Waals surface area contributed by atoms with Gasteiger partial charge in [-0.2, -0.15) is 0 Å². The van der Waals surface area contributed by atoms with Crippen LogP contribution in [0, 0.1) is 12.3 Å². The quantitative estimate of drug-likeness (QED) is 0.851. The topological polar surface area (TPSA) is 15.3 Å². The van der Waals surface area contributed by atoms with Crippen molar-refractivity contribution in [3.05, 3.63) is 34.3 Å². The summed E-state index contributed by atoms with van der Waals surface area (Å²) in [4.78, 5) is 2.23. The molecule has 0 spiro atoms. The molecule has 0 aliphatic rings. The lowest BCUT2D eigenvalue weighted by molar-refractivity contribution is 0.232. The van der Waals surface area contributed by atoms with E-state index in [1.54, 1.807) is 0 Å². The van der Waals surface area contributed by atoms with Gasteiger partial charge in [0.05, 0.1) is 0 Å². The molecular formula is C15H25ClN2. The van der Waals surface area contributed by atoms with E-state index in [0.29, 0.717) is 0 Å². The molecule has 0 fully saturated rings. The first kappa shape index (κ1) is 15.5. The maximum absolute atomic E-state index is 5.95. The van der Waals surface area contributed by atoms with Crippen molar-refractivity contribution in [2.75, 3.05) is 27.2 Å². The Balaban J connectivity index is 2.46. The Morgan fingerprint density at radius 3 is 2.50 bits per heavy atom. The summed E-state index contributed by atoms with van der Waals surface area (Å²) in [5.41, 5.74) is 2.85. The highest BCUT2D eigenvalue weighted by Crippen LogP contribution is 2.17. The van der Waals surface area contributed by atoms with Crippen molar-refractivity contribution in [2.24, 2.45) is 5.41 Å². The Hall–Kier alpha value is -0.570. The van der Waals surface area contributed by atoms with Gasteiger partial charge in [0.15, 0.2) is 0 Å². The predicted molar refractivity (Wildman–Crippen MR) is 80.2 cm³/mol. The minimum atomic E-state index is 0.282. The van der Waals surface area contributed by atoms with Crippen LogP contribution in [0.5, 0.6) is 0 Å². The van der Waals surface area contributed by atoms with E-state index in [-0.39, 0.29) is 5.41 Å². The molecule has 0 heterocycles. The summed E-state index contributed by atoms with van der Waals surface area (Å²) in [5, 5.41) is 4.35. The van der Waals surface area contributed by atoms with Crippen molar-refractivity contribution in [2.45, 2.75) is 27.3 Å². The molecule has 0 unspecified atom stereocenters. The van der Waals surface area contributed by atoms with Gasteiger partial charge < -0.3 is 10.2 Å². The summed E-state index contributed by atoms with van der Waals surface area (Å²) in [6.07, 6.45) is 0. The van der Waals surface area contributed by atoms with Gasteiger partial charge >= 0.3 is 0 Å². The van der Waals surface area contributed by atoms with Gasteiger partial charge in [-0.25, -0.2) is 0 Å². The average molecular weight is 269 g/mol. The maximum Gasteiger partial charge on any atom is 0.0408 e. The normalized spacial score (nSPS) is 12.2. The number of benzene rings is 1. The predicted octanol–water partition coefficient (Wildman–Crippen LogP) is 3.33. The Labute approximate surface area is 116 Å². The highest BCUT2D eigenvalue weighted by molar-refractivity contribution is 6.30. The van der Waals surface area contributed by atoms with Crippen LogP contribution in [-0.4, -0.2) is 32.1 Å². The molecule has 0 atom stereocenters. The van der Waals surface area contributed by atoms with E-state index < -0.39 is 0 Å². The van der Waals surface area contributed by atoms with Crippen LogP contribution in [0.15, 0.2) is 18.2 Å². The van der Waals surface area contributed by atoms with Crippen LogP contribution in [0.2, 0.25) is 5.02 Å². The lowest BCUT2D eigenvalue weighted by Crippen LogP contribution is -2.37. The standard InChI is InChI=1S/C15H25ClN2/c1-12-8-14(16)7-6-13(12)9-17-10-15(2,3)11-18(4)5/h6-8,17H,9-11H2,1-5H3. The molecule has 1 aromatic carbocycles. The monoisotopic (exact) mass is 268 g/mol. The molecular weight excluding hydrogens is 244 g/mol. The van der Waals surface area contributed by atoms with Crippen molar-refractivity contribution in [3.63, 3.8) is 0 Å². The van der Waals surface area contributed by atoms with Crippen LogP contribution in [0.3, 0.4) is 0 Å². The SMILES string of the molecule is Cc1cc(Cl)ccc1CNCC(C)(C)CN(C)C. The molecule has 102 valence electrons. The first-order chi connectivity index (χ1) is 8.30. The fourth-order valence-corrected chi connectivity index (χ4v) is 2.53. The number of hydrogen-bond acceptors (Lipinski definition) is 2. The Kier molecular flexibility index (Phi) is 5.64. The smallest absolute Gasteiger partial charge is 0.0408 e. The molecule has 1 N–H and O–H groups in total. The third kappa shape index (κ3) is 5.38. The zero-order valence-electron chi connectivity index (χ0n) is 12.2. The van der Waals surface area contributed by atoms with Gasteiger partial charge in [0, 0.05) is 24.7 Å². The molecule has 1 aromatic rings. The van der Waals surface area contributed by atoms with Gasteiger partial charge in [-0.3, -0.25) is 0 Å². The first-order valence-corrected chi connectivity index (χ1v) is 6.78. The van der Waals surface area contributed by atoms with Crippen molar-refractivity contribution < 1.29 is 0 Å². The molecule has 0 bridgehead atoms. The highest BCUT2D eigenvalue weighted by Gasteiger charge is 2.18. The summed E-state index contributed by atoms with van der Waals surface area (Å²) >= 11 is 5.95. The van der Waals surface area contributed by atoms with Crippen molar-refractivity contribution in [1.82, 2.24) is 10.2 Å². The number of halogens is 1. The number of hydrogen-bond donors (Lipinski definition) is 1. The molecule has 0 aliphatic heterocycles. The summed E-state index contributed by atoms with van der Waals surface area (Å²) in [6.45, 7) is 9.67. The van der Waals surface area contributed by atoms with Gasteiger partial charge in [-0.1, -0.05) is 31.5 Å². The lowest BCUT2D eigenvalue weighted by atomic mass is 9.93. The largest absolute Gasteiger partial charge is 0.312 e. The fraction of sp³-hybridized carbons (Fsp3) is 0.600. The van der Waals surface area contributed by atoms with Gasteiger partial charge in [0.2, 0.25) is 0 Å². The third-order valence-electron chi connectivity index (χ3n) is 2.97. The summed E-state index contributed by atoms with van der Waals surface area (Å²) < 4.78 is 0. The molecule has 0 saturated heterocycles. The Morgan fingerprint density at radius 1 is 1.28 bits per heavy atom. The number of nitrogens with zero attached hydrogens (tertiary/aromatic N) is 1. The van der Waals surface area contributed by atoms with Crippen LogP contribution >= 0.6 is 11.6 Å². The molecule has 0 aromatic heterocycles. The van der Waals surface area contributed by atoms with E-state index in [0.717, 1.165) is 24.7 Å². The van der Waals surface area contributed by atoms with Crippen LogP contribution in [0.4, 0.5) is 0 Å². The summed E-state index contributed by atoms with van der Waals surface area (Å²) in [7, 11) is 4.23.